The average Bonchev–Trinajstić information content (AvgIpc) is 2.78. The summed E-state index contributed by atoms with van der Waals surface area (Å²) in [4.78, 5) is 25.3. The van der Waals surface area contributed by atoms with Crippen LogP contribution in [0.3, 0.4) is 0 Å². The van der Waals surface area contributed by atoms with Gasteiger partial charge in [0, 0.05) is 0 Å². The van der Waals surface area contributed by atoms with Gasteiger partial charge in [0.05, 0.1) is 22.5 Å². The monoisotopic (exact) mass is 676 g/mol. The highest BCUT2D eigenvalue weighted by molar-refractivity contribution is 7.95. The first-order chi connectivity index (χ1) is 18.6. The summed E-state index contributed by atoms with van der Waals surface area (Å²) in [7, 11) is -15.4. The molecule has 0 saturated carbocycles. The summed E-state index contributed by atoms with van der Waals surface area (Å²) in [5.41, 5.74) is -23.6. The van der Waals surface area contributed by atoms with Gasteiger partial charge in [0.2, 0.25) is 0 Å². The van der Waals surface area contributed by atoms with Gasteiger partial charge in [-0.2, -0.15) is 78.1 Å². The molecule has 0 aliphatic heterocycles. The van der Waals surface area contributed by atoms with Crippen molar-refractivity contribution in [2.24, 2.45) is 0 Å². The number of hydrogen-bond donors (Lipinski definition) is 0. The molecular weight excluding hydrogens is 670 g/mol. The summed E-state index contributed by atoms with van der Waals surface area (Å²) >= 11 is 0. The van der Waals surface area contributed by atoms with Crippen LogP contribution < -0.4 is 8.61 Å². The lowest BCUT2D eigenvalue weighted by molar-refractivity contribution is -0.138. The Balaban J connectivity index is 3.02. The van der Waals surface area contributed by atoms with Gasteiger partial charge in [-0.1, -0.05) is 0 Å². The van der Waals surface area contributed by atoms with Crippen LogP contribution in [0.25, 0.3) is 0 Å². The highest BCUT2D eigenvalue weighted by atomic mass is 32.2. The summed E-state index contributed by atoms with van der Waals surface area (Å²) in [5.74, 6) is -12.5. The van der Waals surface area contributed by atoms with Gasteiger partial charge in [-0.25, -0.2) is 8.78 Å². The summed E-state index contributed by atoms with van der Waals surface area (Å²) in [6.45, 7) is 0. The van der Waals surface area contributed by atoms with Crippen molar-refractivity contribution in [2.45, 2.75) is 23.4 Å². The van der Waals surface area contributed by atoms with E-state index >= 15 is 0 Å². The molecule has 234 valence electrons. The number of hydrogen-bond acceptors (Lipinski definition) is 6. The number of rotatable bonds is 4. The van der Waals surface area contributed by atoms with Crippen molar-refractivity contribution >= 4 is 43.2 Å². The molecule has 0 unspecified atom stereocenters. The molecule has 0 spiro atoms. The molecule has 0 heterocycles. The van der Waals surface area contributed by atoms with E-state index in [9.17, 15) is 87.9 Å². The Hall–Kier alpha value is -3.70. The fourth-order valence-corrected chi connectivity index (χ4v) is 4.57. The Morgan fingerprint density at radius 1 is 0.524 bits per heavy atom. The fourth-order valence-electron chi connectivity index (χ4n) is 2.77. The van der Waals surface area contributed by atoms with Gasteiger partial charge in [0.15, 0.2) is 0 Å². The molecule has 0 atom stereocenters. The lowest BCUT2D eigenvalue weighted by Crippen LogP contribution is -2.55. The van der Waals surface area contributed by atoms with Crippen molar-refractivity contribution in [3.05, 3.63) is 59.2 Å². The summed E-state index contributed by atoms with van der Waals surface area (Å²) in [6, 6.07) is -3.07. The average molecular weight is 676 g/mol. The molecule has 0 aromatic heterocycles. The quantitative estimate of drug-likeness (QED) is 0.331. The second-order valence-corrected chi connectivity index (χ2v) is 10.9. The van der Waals surface area contributed by atoms with E-state index in [0.717, 1.165) is 0 Å². The van der Waals surface area contributed by atoms with Crippen molar-refractivity contribution in [3.8, 4) is 0 Å². The third-order valence-corrected chi connectivity index (χ3v) is 7.46. The van der Waals surface area contributed by atoms with Crippen molar-refractivity contribution in [2.75, 3.05) is 8.61 Å². The Kier molecular flexibility index (Phi) is 8.65. The van der Waals surface area contributed by atoms with Crippen LogP contribution in [-0.2, 0) is 42.0 Å². The highest BCUT2D eigenvalue weighted by Crippen LogP contribution is 2.40. The Bertz CT molecular complexity index is 1510. The molecule has 0 aliphatic carbocycles. The van der Waals surface area contributed by atoms with Gasteiger partial charge in [0.25, 0.3) is 0 Å². The normalized spacial score (nSPS) is 13.6. The standard InChI is InChI=1S/C18H6F14N2O6S2/c19-9-3-1-7(15(21,22)23)5-11(9)33(41(37,38)17(27,28)29)13(35)14(36)34(42(39,40)18(30,31)32)12-6-8(16(24,25)26)2-4-10(12)20/h1-6H. The zero-order valence-electron chi connectivity index (χ0n) is 18.9. The molecule has 42 heavy (non-hydrogen) atoms. The van der Waals surface area contributed by atoms with E-state index in [4.69, 9.17) is 0 Å². The van der Waals surface area contributed by atoms with Crippen LogP contribution >= 0.6 is 0 Å². The van der Waals surface area contributed by atoms with E-state index in [2.05, 4.69) is 0 Å². The molecular formula is C18H6F14N2O6S2. The first-order valence-corrected chi connectivity index (χ1v) is 12.5. The molecule has 2 aromatic carbocycles. The summed E-state index contributed by atoms with van der Waals surface area (Å²) < 4.78 is 231. The van der Waals surface area contributed by atoms with Crippen LogP contribution in [0.5, 0.6) is 0 Å². The van der Waals surface area contributed by atoms with Crippen LogP contribution in [0.2, 0.25) is 0 Å². The molecule has 0 bridgehead atoms. The number of benzene rings is 2. The minimum atomic E-state index is -7.68. The SMILES string of the molecule is O=C(C(=O)N(c1cc(C(F)(F)F)ccc1F)S(=O)(=O)C(F)(F)F)N(c1cc(C(F)(F)F)ccc1F)S(=O)(=O)C(F)(F)F. The number of sulfonamides is 2. The highest BCUT2D eigenvalue weighted by Gasteiger charge is 2.59. The third-order valence-electron chi connectivity index (χ3n) is 4.60. The molecule has 0 saturated heterocycles. The maximum absolute atomic E-state index is 14.3. The second-order valence-electron chi connectivity index (χ2n) is 7.37. The first kappa shape index (κ1) is 34.5. The third kappa shape index (κ3) is 6.37. The zero-order chi connectivity index (χ0) is 33.0. The van der Waals surface area contributed by atoms with Gasteiger partial charge in [-0.15, -0.1) is 0 Å². The van der Waals surface area contributed by atoms with Crippen LogP contribution in [0, 0.1) is 11.6 Å². The molecule has 24 heteroatoms. The van der Waals surface area contributed by atoms with Crippen LogP contribution in [0.4, 0.5) is 72.8 Å². The fraction of sp³-hybridized carbons (Fsp3) is 0.222. The van der Waals surface area contributed by atoms with E-state index < -0.39 is 122 Å². The topological polar surface area (TPSA) is 109 Å². The number of anilines is 2. The summed E-state index contributed by atoms with van der Waals surface area (Å²) in [6.07, 6.45) is -11.3. The molecule has 0 fully saturated rings. The lowest BCUT2D eigenvalue weighted by Gasteiger charge is -2.28. The van der Waals surface area contributed by atoms with Crippen LogP contribution in [0.1, 0.15) is 11.1 Å². The predicted molar refractivity (Wildman–Crippen MR) is 108 cm³/mol. The maximum Gasteiger partial charge on any atom is 0.517 e. The molecule has 2 aromatic rings. The van der Waals surface area contributed by atoms with E-state index in [1.54, 1.807) is 0 Å². The smallest absolute Gasteiger partial charge is 0.262 e. The largest absolute Gasteiger partial charge is 0.517 e. The van der Waals surface area contributed by atoms with Gasteiger partial charge in [-0.3, -0.25) is 9.59 Å². The van der Waals surface area contributed by atoms with Crippen LogP contribution in [0.15, 0.2) is 36.4 Å². The van der Waals surface area contributed by atoms with Gasteiger partial charge >= 0.3 is 55.2 Å². The number of carbonyl (C=O) groups excluding carboxylic acids is 2. The van der Waals surface area contributed by atoms with Crippen molar-refractivity contribution in [1.29, 1.82) is 0 Å². The zero-order valence-corrected chi connectivity index (χ0v) is 20.5. The number of nitrogens with zero attached hydrogens (tertiary/aromatic N) is 2. The van der Waals surface area contributed by atoms with E-state index in [0.29, 0.717) is 0 Å². The molecule has 0 aliphatic rings. The van der Waals surface area contributed by atoms with Gasteiger partial charge in [0.1, 0.15) is 11.6 Å². The second kappa shape index (κ2) is 10.5. The number of carbonyl (C=O) groups is 2. The van der Waals surface area contributed by atoms with E-state index in [1.165, 1.54) is 0 Å². The minimum absolute atomic E-state index is 0.248. The molecule has 0 radical (unpaired) electrons. The Labute approximate surface area is 222 Å². The minimum Gasteiger partial charge on any atom is -0.262 e. The van der Waals surface area contributed by atoms with Crippen molar-refractivity contribution in [3.63, 3.8) is 0 Å². The van der Waals surface area contributed by atoms with E-state index in [-0.39, 0.29) is 12.1 Å². The molecule has 0 N–H and O–H groups in total. The van der Waals surface area contributed by atoms with Crippen LogP contribution in [-0.4, -0.2) is 39.7 Å². The predicted octanol–water partition coefficient (Wildman–Crippen LogP) is 5.07. The lowest BCUT2D eigenvalue weighted by atomic mass is 10.1. The maximum atomic E-state index is 14.3. The molecule has 8 nitrogen and oxygen atoms in total. The van der Waals surface area contributed by atoms with Gasteiger partial charge < -0.3 is 0 Å². The Morgan fingerprint density at radius 3 is 1.00 bits per heavy atom. The van der Waals surface area contributed by atoms with Gasteiger partial charge in [-0.05, 0) is 36.4 Å². The number of amides is 2. The molecule has 2 rings (SSSR count). The number of alkyl halides is 12. The number of halogens is 14. The van der Waals surface area contributed by atoms with Crippen molar-refractivity contribution in [1.82, 2.24) is 0 Å². The first-order valence-electron chi connectivity index (χ1n) is 9.61. The Morgan fingerprint density at radius 2 is 0.786 bits per heavy atom. The summed E-state index contributed by atoms with van der Waals surface area (Å²) in [5, 5.41) is 0. The van der Waals surface area contributed by atoms with E-state index in [1.807, 2.05) is 0 Å². The molecule has 2 amide bonds. The van der Waals surface area contributed by atoms with Crippen molar-refractivity contribution < 1.29 is 87.9 Å².